The number of halogens is 3. The van der Waals surface area contributed by atoms with Crippen molar-refractivity contribution in [3.63, 3.8) is 0 Å². The molecule has 1 aliphatic rings. The second-order valence-corrected chi connectivity index (χ2v) is 2.68. The summed E-state index contributed by atoms with van der Waals surface area (Å²) in [4.78, 5) is 3.74. The highest BCUT2D eigenvalue weighted by Crippen LogP contribution is 2.19. The van der Waals surface area contributed by atoms with Crippen molar-refractivity contribution in [3.8, 4) is 0 Å². The fourth-order valence-corrected chi connectivity index (χ4v) is 0.932. The van der Waals surface area contributed by atoms with E-state index in [9.17, 15) is 13.2 Å². The number of amidine groups is 1. The minimum atomic E-state index is -4.67. The predicted molar refractivity (Wildman–Crippen MR) is 42.3 cm³/mol. The van der Waals surface area contributed by atoms with Gasteiger partial charge in [0, 0.05) is 0 Å². The summed E-state index contributed by atoms with van der Waals surface area (Å²) in [6, 6.07) is -0.448. The first-order chi connectivity index (χ1) is 6.37. The van der Waals surface area contributed by atoms with E-state index in [0.29, 0.717) is 0 Å². The number of nitrogens with zero attached hydrogens (tertiary/aromatic N) is 1. The molecule has 7 heteroatoms. The normalized spacial score (nSPS) is 22.4. The summed E-state index contributed by atoms with van der Waals surface area (Å²) in [5.41, 5.74) is 5.21. The Morgan fingerprint density at radius 3 is 2.79 bits per heavy atom. The zero-order chi connectivity index (χ0) is 10.8. The molecule has 4 nitrogen and oxygen atoms in total. The molecule has 0 unspecified atom stereocenters. The van der Waals surface area contributed by atoms with Crippen LogP contribution in [-0.4, -0.2) is 25.0 Å². The molecule has 0 amide bonds. The summed E-state index contributed by atoms with van der Waals surface area (Å²) in [5, 5.41) is 0. The van der Waals surface area contributed by atoms with Gasteiger partial charge in [-0.3, -0.25) is 4.74 Å². The molecule has 1 aliphatic heterocycles. The fourth-order valence-electron chi connectivity index (χ4n) is 0.932. The van der Waals surface area contributed by atoms with Crippen molar-refractivity contribution in [1.29, 1.82) is 0 Å². The minimum Gasteiger partial charge on any atom is -0.429 e. The Morgan fingerprint density at radius 1 is 1.64 bits per heavy atom. The first-order valence-electron chi connectivity index (χ1n) is 3.79. The molecule has 80 valence electrons. The molecule has 0 aliphatic carbocycles. The van der Waals surface area contributed by atoms with Gasteiger partial charge in [0.05, 0.1) is 6.04 Å². The molecule has 0 radical (unpaired) electrons. The molecule has 1 heterocycles. The van der Waals surface area contributed by atoms with E-state index in [-0.39, 0.29) is 17.8 Å². The van der Waals surface area contributed by atoms with Gasteiger partial charge in [-0.25, -0.2) is 4.99 Å². The van der Waals surface area contributed by atoms with Crippen LogP contribution in [0.5, 0.6) is 0 Å². The Bertz CT molecular complexity index is 273. The molecule has 0 saturated heterocycles. The highest BCUT2D eigenvalue weighted by atomic mass is 19.4. The van der Waals surface area contributed by atoms with Gasteiger partial charge in [-0.05, 0) is 13.0 Å². The van der Waals surface area contributed by atoms with Crippen molar-refractivity contribution in [2.24, 2.45) is 10.7 Å². The molecule has 2 N–H and O–H groups in total. The summed E-state index contributed by atoms with van der Waals surface area (Å²) < 4.78 is 43.2. The number of hydrogen-bond acceptors (Lipinski definition) is 4. The lowest BCUT2D eigenvalue weighted by atomic mass is 10.3. The molecule has 14 heavy (non-hydrogen) atoms. The van der Waals surface area contributed by atoms with E-state index in [4.69, 9.17) is 10.5 Å². The fraction of sp³-hybridized carbons (Fsp3) is 0.571. The van der Waals surface area contributed by atoms with Gasteiger partial charge in [-0.15, -0.1) is 13.2 Å². The Hall–Kier alpha value is -1.24. The van der Waals surface area contributed by atoms with Crippen LogP contribution in [0.15, 0.2) is 16.8 Å². The molecule has 0 aromatic rings. The van der Waals surface area contributed by atoms with Crippen LogP contribution in [-0.2, 0) is 9.47 Å². The van der Waals surface area contributed by atoms with E-state index in [1.54, 1.807) is 6.92 Å². The number of aliphatic imine (C=N–C) groups is 1. The predicted octanol–water partition coefficient (Wildman–Crippen LogP) is 1.14. The highest BCUT2D eigenvalue weighted by Gasteiger charge is 2.30. The minimum absolute atomic E-state index is 0.0160. The molecule has 1 rings (SSSR count). The smallest absolute Gasteiger partial charge is 0.429 e. The van der Waals surface area contributed by atoms with Gasteiger partial charge in [0.2, 0.25) is 0 Å². The first-order valence-corrected chi connectivity index (χ1v) is 3.79. The quantitative estimate of drug-likeness (QED) is 0.743. The Morgan fingerprint density at radius 2 is 2.29 bits per heavy atom. The number of alkyl halides is 3. The maximum Gasteiger partial charge on any atom is 0.522 e. The van der Waals surface area contributed by atoms with Crippen molar-refractivity contribution in [3.05, 3.63) is 11.8 Å². The second kappa shape index (κ2) is 3.87. The van der Waals surface area contributed by atoms with Crippen molar-refractivity contribution in [1.82, 2.24) is 0 Å². The van der Waals surface area contributed by atoms with Crippen LogP contribution in [0.1, 0.15) is 6.92 Å². The van der Waals surface area contributed by atoms with Gasteiger partial charge < -0.3 is 10.5 Å². The molecule has 0 aromatic carbocycles. The van der Waals surface area contributed by atoms with Gasteiger partial charge in [0.1, 0.15) is 12.4 Å². The third kappa shape index (κ3) is 3.65. The lowest BCUT2D eigenvalue weighted by molar-refractivity contribution is -0.322. The average Bonchev–Trinajstić information content (AvgIpc) is 1.97. The van der Waals surface area contributed by atoms with Crippen molar-refractivity contribution in [2.75, 3.05) is 6.61 Å². The summed E-state index contributed by atoms with van der Waals surface area (Å²) >= 11 is 0. The zero-order valence-electron chi connectivity index (χ0n) is 7.34. The number of ether oxygens (including phenoxy) is 2. The second-order valence-electron chi connectivity index (χ2n) is 2.68. The summed E-state index contributed by atoms with van der Waals surface area (Å²) in [7, 11) is 0. The van der Waals surface area contributed by atoms with E-state index in [1.165, 1.54) is 6.08 Å². The van der Waals surface area contributed by atoms with Crippen LogP contribution in [0, 0.1) is 0 Å². The van der Waals surface area contributed by atoms with Crippen LogP contribution in [0.2, 0.25) is 0 Å². The molecule has 0 bridgehead atoms. The van der Waals surface area contributed by atoms with Crippen molar-refractivity contribution >= 4 is 6.02 Å². The molecule has 0 fully saturated rings. The average molecular weight is 210 g/mol. The molecular weight excluding hydrogens is 201 g/mol. The summed E-state index contributed by atoms with van der Waals surface area (Å²) in [6.07, 6.45) is -3.26. The van der Waals surface area contributed by atoms with Crippen molar-refractivity contribution in [2.45, 2.75) is 19.3 Å². The van der Waals surface area contributed by atoms with Crippen molar-refractivity contribution < 1.29 is 22.6 Å². The topological polar surface area (TPSA) is 56.8 Å². The van der Waals surface area contributed by atoms with E-state index in [2.05, 4.69) is 9.73 Å². The van der Waals surface area contributed by atoms with E-state index in [1.807, 2.05) is 0 Å². The maximum atomic E-state index is 11.6. The lowest BCUT2D eigenvalue weighted by Gasteiger charge is -2.16. The Balaban J connectivity index is 2.47. The number of hydrogen-bond donors (Lipinski definition) is 1. The number of nitrogens with two attached hydrogens (primary N) is 1. The SMILES string of the molecule is C[C@H]1C=C(COC(F)(F)F)OC(N)=N1. The Labute approximate surface area is 78.2 Å². The molecule has 0 spiro atoms. The standard InChI is InChI=1S/C7H9F3N2O2/c1-4-2-5(14-6(11)12-4)3-13-7(8,9)10/h2,4H,3H2,1H3,(H2,11,12)/t4-/m0/s1. The van der Waals surface area contributed by atoms with Crippen LogP contribution in [0.4, 0.5) is 13.2 Å². The van der Waals surface area contributed by atoms with E-state index < -0.39 is 13.0 Å². The molecule has 0 aromatic heterocycles. The molecule has 0 saturated carbocycles. The van der Waals surface area contributed by atoms with Gasteiger partial charge in [0.15, 0.2) is 0 Å². The largest absolute Gasteiger partial charge is 0.522 e. The lowest BCUT2D eigenvalue weighted by Crippen LogP contribution is -2.26. The van der Waals surface area contributed by atoms with Gasteiger partial charge in [-0.2, -0.15) is 0 Å². The zero-order valence-corrected chi connectivity index (χ0v) is 7.34. The van der Waals surface area contributed by atoms with Gasteiger partial charge in [-0.1, -0.05) is 0 Å². The van der Waals surface area contributed by atoms with Gasteiger partial charge in [0.25, 0.3) is 6.02 Å². The van der Waals surface area contributed by atoms with Crippen LogP contribution < -0.4 is 5.73 Å². The van der Waals surface area contributed by atoms with E-state index >= 15 is 0 Å². The van der Waals surface area contributed by atoms with Crippen LogP contribution in [0.25, 0.3) is 0 Å². The molecule has 1 atom stereocenters. The highest BCUT2D eigenvalue weighted by molar-refractivity contribution is 5.73. The summed E-state index contributed by atoms with van der Waals surface area (Å²) in [5.74, 6) is 0.0160. The third-order valence-electron chi connectivity index (χ3n) is 1.37. The Kier molecular flexibility index (Phi) is 3.00. The van der Waals surface area contributed by atoms with Crippen LogP contribution in [0.3, 0.4) is 0 Å². The summed E-state index contributed by atoms with van der Waals surface area (Å²) in [6.45, 7) is 0.979. The van der Waals surface area contributed by atoms with Gasteiger partial charge >= 0.3 is 6.36 Å². The maximum absolute atomic E-state index is 11.6. The number of rotatable bonds is 2. The molecular formula is C7H9F3N2O2. The van der Waals surface area contributed by atoms with Crippen LogP contribution >= 0.6 is 0 Å². The first kappa shape index (κ1) is 10.8. The monoisotopic (exact) mass is 210 g/mol. The third-order valence-corrected chi connectivity index (χ3v) is 1.37. The van der Waals surface area contributed by atoms with E-state index in [0.717, 1.165) is 0 Å².